The lowest BCUT2D eigenvalue weighted by Crippen LogP contribution is -2.28. The maximum atomic E-state index is 13.3. The van der Waals surface area contributed by atoms with Gasteiger partial charge in [-0.05, 0) is 19.1 Å². The van der Waals surface area contributed by atoms with Crippen LogP contribution in [-0.2, 0) is 6.54 Å². The molecule has 1 rings (SSSR count). The van der Waals surface area contributed by atoms with E-state index >= 15 is 0 Å². The van der Waals surface area contributed by atoms with Crippen molar-refractivity contribution in [1.82, 2.24) is 5.32 Å². The molecule has 0 aliphatic rings. The molecule has 0 saturated heterocycles. The molecule has 0 radical (unpaired) electrons. The molecule has 1 aromatic carbocycles. The molecule has 0 saturated carbocycles. The maximum Gasteiger partial charge on any atom is 0.128 e. The van der Waals surface area contributed by atoms with Gasteiger partial charge in [0.25, 0.3) is 0 Å². The van der Waals surface area contributed by atoms with Crippen LogP contribution in [0.4, 0.5) is 4.39 Å². The molecule has 1 aromatic rings. The molecule has 0 spiro atoms. The van der Waals surface area contributed by atoms with Crippen LogP contribution in [0.2, 0.25) is 0 Å². The molecule has 14 heavy (non-hydrogen) atoms. The number of aliphatic hydroxyl groups is 1. The molecule has 0 unspecified atom stereocenters. The summed E-state index contributed by atoms with van der Waals surface area (Å²) in [6, 6.07) is 4.93. The van der Waals surface area contributed by atoms with Gasteiger partial charge in [-0.15, -0.1) is 0 Å². The summed E-state index contributed by atoms with van der Waals surface area (Å²) in [7, 11) is 0. The van der Waals surface area contributed by atoms with Crippen LogP contribution in [0.3, 0.4) is 0 Å². The van der Waals surface area contributed by atoms with Crippen molar-refractivity contribution in [3.63, 3.8) is 0 Å². The second-order valence-electron chi connectivity index (χ2n) is 3.20. The third-order valence-corrected chi connectivity index (χ3v) is 2.42. The number of halogens is 2. The van der Waals surface area contributed by atoms with E-state index in [0.717, 1.165) is 4.47 Å². The van der Waals surface area contributed by atoms with Gasteiger partial charge in [0.05, 0.1) is 6.61 Å². The highest BCUT2D eigenvalue weighted by Crippen LogP contribution is 2.15. The third kappa shape index (κ3) is 3.36. The topological polar surface area (TPSA) is 32.3 Å². The first-order valence-electron chi connectivity index (χ1n) is 4.41. The Bertz CT molecular complexity index is 306. The predicted molar refractivity (Wildman–Crippen MR) is 57.5 cm³/mol. The molecule has 2 N–H and O–H groups in total. The summed E-state index contributed by atoms with van der Waals surface area (Å²) in [4.78, 5) is 0. The Morgan fingerprint density at radius 3 is 2.86 bits per heavy atom. The van der Waals surface area contributed by atoms with Gasteiger partial charge in [-0.1, -0.05) is 22.0 Å². The van der Waals surface area contributed by atoms with Crippen molar-refractivity contribution in [3.05, 3.63) is 34.1 Å². The number of aliphatic hydroxyl groups excluding tert-OH is 1. The van der Waals surface area contributed by atoms with E-state index in [0.29, 0.717) is 12.1 Å². The maximum absolute atomic E-state index is 13.3. The Morgan fingerprint density at radius 1 is 1.57 bits per heavy atom. The van der Waals surface area contributed by atoms with E-state index in [1.807, 2.05) is 6.92 Å². The van der Waals surface area contributed by atoms with Crippen LogP contribution in [0.1, 0.15) is 12.5 Å². The van der Waals surface area contributed by atoms with E-state index in [-0.39, 0.29) is 18.5 Å². The van der Waals surface area contributed by atoms with Gasteiger partial charge in [-0.2, -0.15) is 0 Å². The fourth-order valence-electron chi connectivity index (χ4n) is 1.01. The molecule has 0 bridgehead atoms. The fraction of sp³-hybridized carbons (Fsp3) is 0.400. The van der Waals surface area contributed by atoms with E-state index in [1.54, 1.807) is 12.1 Å². The normalized spacial score (nSPS) is 12.9. The summed E-state index contributed by atoms with van der Waals surface area (Å²) in [5, 5.41) is 11.8. The zero-order chi connectivity index (χ0) is 10.6. The van der Waals surface area contributed by atoms with Crippen LogP contribution in [0.5, 0.6) is 0 Å². The van der Waals surface area contributed by atoms with Crippen LogP contribution in [0, 0.1) is 5.82 Å². The predicted octanol–water partition coefficient (Wildman–Crippen LogP) is 2.06. The van der Waals surface area contributed by atoms with Gasteiger partial charge in [-0.25, -0.2) is 4.39 Å². The minimum Gasteiger partial charge on any atom is -0.395 e. The average molecular weight is 262 g/mol. The Kier molecular flexibility index (Phi) is 4.51. The first-order chi connectivity index (χ1) is 6.63. The van der Waals surface area contributed by atoms with Crippen molar-refractivity contribution >= 4 is 15.9 Å². The third-order valence-electron chi connectivity index (χ3n) is 1.93. The standard InChI is InChI=1S/C10H13BrFNO/c1-7(6-14)13-5-8-2-3-9(11)4-10(8)12/h2-4,7,13-14H,5-6H2,1H3/t7-/m1/s1. The Morgan fingerprint density at radius 2 is 2.29 bits per heavy atom. The molecule has 0 aliphatic heterocycles. The average Bonchev–Trinajstić information content (AvgIpc) is 2.16. The zero-order valence-electron chi connectivity index (χ0n) is 7.93. The van der Waals surface area contributed by atoms with E-state index < -0.39 is 0 Å². The summed E-state index contributed by atoms with van der Waals surface area (Å²) in [5.74, 6) is -0.239. The van der Waals surface area contributed by atoms with Crippen molar-refractivity contribution < 1.29 is 9.50 Å². The van der Waals surface area contributed by atoms with Gasteiger partial charge >= 0.3 is 0 Å². The summed E-state index contributed by atoms with van der Waals surface area (Å²) < 4.78 is 14.0. The van der Waals surface area contributed by atoms with Crippen molar-refractivity contribution in [2.24, 2.45) is 0 Å². The van der Waals surface area contributed by atoms with E-state index in [4.69, 9.17) is 5.11 Å². The largest absolute Gasteiger partial charge is 0.395 e. The fourth-order valence-corrected chi connectivity index (χ4v) is 1.35. The number of benzene rings is 1. The zero-order valence-corrected chi connectivity index (χ0v) is 9.51. The SMILES string of the molecule is C[C@H](CO)NCc1ccc(Br)cc1F. The van der Waals surface area contributed by atoms with Gasteiger partial charge in [0.1, 0.15) is 5.82 Å². The second kappa shape index (κ2) is 5.44. The van der Waals surface area contributed by atoms with Crippen molar-refractivity contribution in [2.45, 2.75) is 19.5 Å². The molecule has 0 aliphatic carbocycles. The molecule has 0 aromatic heterocycles. The first kappa shape index (κ1) is 11.6. The molecule has 78 valence electrons. The molecular weight excluding hydrogens is 249 g/mol. The molecule has 0 fully saturated rings. The molecule has 2 nitrogen and oxygen atoms in total. The van der Waals surface area contributed by atoms with Crippen molar-refractivity contribution in [3.8, 4) is 0 Å². The number of hydrogen-bond donors (Lipinski definition) is 2. The minimum absolute atomic E-state index is 0.0157. The minimum atomic E-state index is -0.239. The second-order valence-corrected chi connectivity index (χ2v) is 4.12. The van der Waals surface area contributed by atoms with Crippen LogP contribution in [-0.4, -0.2) is 17.8 Å². The lowest BCUT2D eigenvalue weighted by molar-refractivity contribution is 0.250. The van der Waals surface area contributed by atoms with Gasteiger partial charge in [0.15, 0.2) is 0 Å². The molecule has 4 heteroatoms. The quantitative estimate of drug-likeness (QED) is 0.870. The van der Waals surface area contributed by atoms with Gasteiger partial charge < -0.3 is 10.4 Å². The van der Waals surface area contributed by atoms with Crippen molar-refractivity contribution in [2.75, 3.05) is 6.61 Å². The van der Waals surface area contributed by atoms with Crippen LogP contribution >= 0.6 is 15.9 Å². The highest BCUT2D eigenvalue weighted by Gasteiger charge is 2.04. The summed E-state index contributed by atoms with van der Waals surface area (Å²) >= 11 is 3.19. The van der Waals surface area contributed by atoms with Gasteiger partial charge in [-0.3, -0.25) is 0 Å². The van der Waals surface area contributed by atoms with E-state index in [1.165, 1.54) is 6.07 Å². The van der Waals surface area contributed by atoms with Crippen molar-refractivity contribution in [1.29, 1.82) is 0 Å². The molecule has 0 amide bonds. The van der Waals surface area contributed by atoms with Gasteiger partial charge in [0, 0.05) is 22.6 Å². The summed E-state index contributed by atoms with van der Waals surface area (Å²) in [6.45, 7) is 2.33. The smallest absolute Gasteiger partial charge is 0.128 e. The molecular formula is C10H13BrFNO. The summed E-state index contributed by atoms with van der Waals surface area (Å²) in [6.07, 6.45) is 0. The van der Waals surface area contributed by atoms with Gasteiger partial charge in [0.2, 0.25) is 0 Å². The van der Waals surface area contributed by atoms with Crippen LogP contribution in [0.15, 0.2) is 22.7 Å². The first-order valence-corrected chi connectivity index (χ1v) is 5.21. The highest BCUT2D eigenvalue weighted by atomic mass is 79.9. The Labute approximate surface area is 91.3 Å². The summed E-state index contributed by atoms with van der Waals surface area (Å²) in [5.41, 5.74) is 0.605. The molecule has 0 heterocycles. The Balaban J connectivity index is 2.59. The lowest BCUT2D eigenvalue weighted by Gasteiger charge is -2.11. The van der Waals surface area contributed by atoms with E-state index in [9.17, 15) is 4.39 Å². The monoisotopic (exact) mass is 261 g/mol. The van der Waals surface area contributed by atoms with Crippen LogP contribution < -0.4 is 5.32 Å². The van der Waals surface area contributed by atoms with E-state index in [2.05, 4.69) is 21.2 Å². The number of hydrogen-bond acceptors (Lipinski definition) is 2. The number of nitrogens with one attached hydrogen (secondary N) is 1. The number of rotatable bonds is 4. The lowest BCUT2D eigenvalue weighted by atomic mass is 10.2. The van der Waals surface area contributed by atoms with Crippen LogP contribution in [0.25, 0.3) is 0 Å². The Hall–Kier alpha value is -0.450. The molecule has 1 atom stereocenters. The highest BCUT2D eigenvalue weighted by molar-refractivity contribution is 9.10.